The van der Waals surface area contributed by atoms with Crippen LogP contribution in [0.25, 0.3) is 0 Å². The Morgan fingerprint density at radius 2 is 1.86 bits per heavy atom. The zero-order valence-corrected chi connectivity index (χ0v) is 13.0. The minimum absolute atomic E-state index is 0.0228. The Balaban J connectivity index is 2.02. The average molecular weight is 284 g/mol. The minimum Gasteiger partial charge on any atom is -0.484 e. The number of aromatic nitrogens is 1. The molecular weight excluding hydrogens is 260 g/mol. The van der Waals surface area contributed by atoms with E-state index in [9.17, 15) is 0 Å². The summed E-state index contributed by atoms with van der Waals surface area (Å²) < 4.78 is 5.95. The summed E-state index contributed by atoms with van der Waals surface area (Å²) in [6, 6.07) is 14.6. The zero-order chi connectivity index (χ0) is 15.1. The molecule has 0 spiro atoms. The molecule has 0 fully saturated rings. The van der Waals surface area contributed by atoms with Crippen molar-refractivity contribution in [3.05, 3.63) is 59.9 Å². The highest BCUT2D eigenvalue weighted by atomic mass is 16.5. The second kappa shape index (κ2) is 7.79. The van der Waals surface area contributed by atoms with E-state index in [2.05, 4.69) is 43.2 Å². The molecule has 0 aliphatic carbocycles. The standard InChI is InChI=1S/C18H24N2O/c1-4-17(19-5-2)18-12-11-16(13-20-18)21-14(3)15-9-7-6-8-10-15/h6-14,17,19H,4-5H2,1-3H3. The fourth-order valence-corrected chi connectivity index (χ4v) is 2.37. The van der Waals surface area contributed by atoms with Crippen LogP contribution in [-0.2, 0) is 0 Å². The van der Waals surface area contributed by atoms with Gasteiger partial charge < -0.3 is 10.1 Å². The highest BCUT2D eigenvalue weighted by Gasteiger charge is 2.10. The van der Waals surface area contributed by atoms with Crippen molar-refractivity contribution in [2.45, 2.75) is 39.3 Å². The van der Waals surface area contributed by atoms with Crippen LogP contribution in [0, 0.1) is 0 Å². The Hall–Kier alpha value is -1.87. The molecule has 0 aliphatic rings. The summed E-state index contributed by atoms with van der Waals surface area (Å²) in [6.45, 7) is 7.28. The molecule has 0 bridgehead atoms. The molecule has 1 aromatic carbocycles. The van der Waals surface area contributed by atoms with Crippen molar-refractivity contribution in [2.24, 2.45) is 0 Å². The van der Waals surface area contributed by atoms with Crippen molar-refractivity contribution >= 4 is 0 Å². The van der Waals surface area contributed by atoms with Gasteiger partial charge in [0.1, 0.15) is 11.9 Å². The fraction of sp³-hybridized carbons (Fsp3) is 0.389. The Bertz CT molecular complexity index is 525. The number of nitrogens with zero attached hydrogens (tertiary/aromatic N) is 1. The predicted molar refractivity (Wildman–Crippen MR) is 86.4 cm³/mol. The van der Waals surface area contributed by atoms with Crippen molar-refractivity contribution in [3.8, 4) is 5.75 Å². The molecule has 2 unspecified atom stereocenters. The van der Waals surface area contributed by atoms with E-state index in [1.165, 1.54) is 5.56 Å². The minimum atomic E-state index is 0.0228. The first-order valence-corrected chi connectivity index (χ1v) is 7.65. The topological polar surface area (TPSA) is 34.1 Å². The lowest BCUT2D eigenvalue weighted by Gasteiger charge is -2.17. The molecule has 112 valence electrons. The second-order valence-corrected chi connectivity index (χ2v) is 5.11. The van der Waals surface area contributed by atoms with E-state index in [1.807, 2.05) is 36.5 Å². The first-order valence-electron chi connectivity index (χ1n) is 7.65. The van der Waals surface area contributed by atoms with Crippen molar-refractivity contribution in [1.82, 2.24) is 10.3 Å². The molecule has 0 saturated heterocycles. The Kier molecular flexibility index (Phi) is 5.76. The summed E-state index contributed by atoms with van der Waals surface area (Å²) in [5.74, 6) is 0.807. The molecule has 2 rings (SSSR count). The number of benzene rings is 1. The van der Waals surface area contributed by atoms with Gasteiger partial charge in [0, 0.05) is 6.04 Å². The van der Waals surface area contributed by atoms with Gasteiger partial charge in [-0.15, -0.1) is 0 Å². The van der Waals surface area contributed by atoms with Crippen LogP contribution < -0.4 is 10.1 Å². The third-order valence-electron chi connectivity index (χ3n) is 3.56. The van der Waals surface area contributed by atoms with Crippen LogP contribution >= 0.6 is 0 Å². The first kappa shape index (κ1) is 15.5. The Morgan fingerprint density at radius 1 is 1.10 bits per heavy atom. The number of ether oxygens (including phenoxy) is 1. The van der Waals surface area contributed by atoms with Crippen LogP contribution in [0.1, 0.15) is 50.6 Å². The number of nitrogens with one attached hydrogen (secondary N) is 1. The van der Waals surface area contributed by atoms with Gasteiger partial charge in [0.05, 0.1) is 11.9 Å². The van der Waals surface area contributed by atoms with Gasteiger partial charge in [-0.1, -0.05) is 44.2 Å². The van der Waals surface area contributed by atoms with E-state index < -0.39 is 0 Å². The SMILES string of the molecule is CCNC(CC)c1ccc(OC(C)c2ccccc2)cn1. The zero-order valence-electron chi connectivity index (χ0n) is 13.0. The maximum absolute atomic E-state index is 5.95. The normalized spacial score (nSPS) is 13.7. The van der Waals surface area contributed by atoms with Gasteiger partial charge in [-0.05, 0) is 37.6 Å². The van der Waals surface area contributed by atoms with Crippen LogP contribution in [0.5, 0.6) is 5.75 Å². The lowest BCUT2D eigenvalue weighted by Crippen LogP contribution is -2.21. The first-order chi connectivity index (χ1) is 10.2. The molecule has 21 heavy (non-hydrogen) atoms. The van der Waals surface area contributed by atoms with Gasteiger partial charge >= 0.3 is 0 Å². The predicted octanol–water partition coefficient (Wildman–Crippen LogP) is 4.28. The van der Waals surface area contributed by atoms with Gasteiger partial charge in [-0.3, -0.25) is 4.98 Å². The van der Waals surface area contributed by atoms with E-state index in [1.54, 1.807) is 0 Å². The van der Waals surface area contributed by atoms with Crippen molar-refractivity contribution < 1.29 is 4.74 Å². The van der Waals surface area contributed by atoms with Gasteiger partial charge in [0.2, 0.25) is 0 Å². The molecule has 0 radical (unpaired) electrons. The van der Waals surface area contributed by atoms with E-state index in [4.69, 9.17) is 4.74 Å². The highest BCUT2D eigenvalue weighted by molar-refractivity contribution is 5.24. The van der Waals surface area contributed by atoms with Crippen LogP contribution in [0.3, 0.4) is 0 Å². The summed E-state index contributed by atoms with van der Waals surface area (Å²) in [4.78, 5) is 4.53. The summed E-state index contributed by atoms with van der Waals surface area (Å²) in [5, 5.41) is 3.43. The van der Waals surface area contributed by atoms with Gasteiger partial charge in [-0.25, -0.2) is 0 Å². The maximum atomic E-state index is 5.95. The summed E-state index contributed by atoms with van der Waals surface area (Å²) >= 11 is 0. The van der Waals surface area contributed by atoms with Crippen molar-refractivity contribution in [3.63, 3.8) is 0 Å². The molecule has 0 saturated carbocycles. The summed E-state index contributed by atoms with van der Waals surface area (Å²) in [5.41, 5.74) is 2.24. The monoisotopic (exact) mass is 284 g/mol. The largest absolute Gasteiger partial charge is 0.484 e. The van der Waals surface area contributed by atoms with Crippen LogP contribution in [0.15, 0.2) is 48.7 Å². The average Bonchev–Trinajstić information content (AvgIpc) is 2.54. The van der Waals surface area contributed by atoms with E-state index >= 15 is 0 Å². The summed E-state index contributed by atoms with van der Waals surface area (Å²) in [7, 11) is 0. The number of hydrogen-bond acceptors (Lipinski definition) is 3. The quantitative estimate of drug-likeness (QED) is 0.824. The van der Waals surface area contributed by atoms with E-state index in [0.717, 1.165) is 24.4 Å². The molecule has 3 heteroatoms. The maximum Gasteiger partial charge on any atom is 0.138 e. The second-order valence-electron chi connectivity index (χ2n) is 5.11. The molecule has 3 nitrogen and oxygen atoms in total. The molecule has 0 aliphatic heterocycles. The van der Waals surface area contributed by atoms with E-state index in [0.29, 0.717) is 6.04 Å². The number of hydrogen-bond donors (Lipinski definition) is 1. The van der Waals surface area contributed by atoms with Crippen LogP contribution in [0.4, 0.5) is 0 Å². The highest BCUT2D eigenvalue weighted by Crippen LogP contribution is 2.22. The van der Waals surface area contributed by atoms with Gasteiger partial charge in [0.25, 0.3) is 0 Å². The molecule has 1 aromatic heterocycles. The smallest absolute Gasteiger partial charge is 0.138 e. The third-order valence-corrected chi connectivity index (χ3v) is 3.56. The molecule has 1 heterocycles. The molecule has 0 amide bonds. The molecular formula is C18H24N2O. The van der Waals surface area contributed by atoms with Gasteiger partial charge in [-0.2, -0.15) is 0 Å². The molecule has 2 aromatic rings. The Labute approximate surface area is 127 Å². The van der Waals surface area contributed by atoms with Crippen molar-refractivity contribution in [1.29, 1.82) is 0 Å². The third kappa shape index (κ3) is 4.30. The lowest BCUT2D eigenvalue weighted by molar-refractivity contribution is 0.226. The van der Waals surface area contributed by atoms with Crippen LogP contribution in [0.2, 0.25) is 0 Å². The lowest BCUT2D eigenvalue weighted by atomic mass is 10.1. The van der Waals surface area contributed by atoms with Gasteiger partial charge in [0.15, 0.2) is 0 Å². The molecule has 1 N–H and O–H groups in total. The van der Waals surface area contributed by atoms with E-state index in [-0.39, 0.29) is 6.10 Å². The number of rotatable bonds is 7. The number of pyridine rings is 1. The fourth-order valence-electron chi connectivity index (χ4n) is 2.37. The Morgan fingerprint density at radius 3 is 2.43 bits per heavy atom. The molecule has 2 atom stereocenters. The van der Waals surface area contributed by atoms with Crippen LogP contribution in [-0.4, -0.2) is 11.5 Å². The summed E-state index contributed by atoms with van der Waals surface area (Å²) in [6.07, 6.45) is 2.87. The van der Waals surface area contributed by atoms with Crippen molar-refractivity contribution in [2.75, 3.05) is 6.54 Å².